The molecule has 5 nitrogen and oxygen atoms in total. The lowest BCUT2D eigenvalue weighted by atomic mass is 10.0. The van der Waals surface area contributed by atoms with Crippen molar-refractivity contribution < 1.29 is 9.47 Å². The SMILES string of the molecule is CCOC(CCNC(=NC)NCC(C)(C)OC)C(C)C.I. The molecule has 0 rings (SSSR count). The predicted molar refractivity (Wildman–Crippen MR) is 101 cm³/mol. The van der Waals surface area contributed by atoms with Gasteiger partial charge in [0.25, 0.3) is 0 Å². The molecule has 128 valence electrons. The van der Waals surface area contributed by atoms with Gasteiger partial charge in [0.2, 0.25) is 0 Å². The van der Waals surface area contributed by atoms with Crippen LogP contribution in [-0.2, 0) is 9.47 Å². The van der Waals surface area contributed by atoms with Crippen LogP contribution in [0.5, 0.6) is 0 Å². The predicted octanol–water partition coefficient (Wildman–Crippen LogP) is 2.65. The van der Waals surface area contributed by atoms with Crippen LogP contribution in [0.15, 0.2) is 4.99 Å². The van der Waals surface area contributed by atoms with Crippen molar-refractivity contribution in [3.05, 3.63) is 0 Å². The second-order valence-electron chi connectivity index (χ2n) is 5.84. The summed E-state index contributed by atoms with van der Waals surface area (Å²) in [4.78, 5) is 4.21. The molecule has 1 unspecified atom stereocenters. The van der Waals surface area contributed by atoms with E-state index < -0.39 is 0 Å². The van der Waals surface area contributed by atoms with E-state index in [4.69, 9.17) is 9.47 Å². The highest BCUT2D eigenvalue weighted by Crippen LogP contribution is 2.10. The van der Waals surface area contributed by atoms with Crippen molar-refractivity contribution in [2.24, 2.45) is 10.9 Å². The molecule has 0 saturated heterocycles. The van der Waals surface area contributed by atoms with Gasteiger partial charge >= 0.3 is 0 Å². The molecule has 0 fully saturated rings. The number of hydrogen-bond acceptors (Lipinski definition) is 3. The van der Waals surface area contributed by atoms with E-state index >= 15 is 0 Å². The molecule has 0 aromatic rings. The summed E-state index contributed by atoms with van der Waals surface area (Å²) in [7, 11) is 3.49. The third-order valence-corrected chi connectivity index (χ3v) is 3.30. The summed E-state index contributed by atoms with van der Waals surface area (Å²) < 4.78 is 11.1. The second kappa shape index (κ2) is 12.5. The molecule has 1 atom stereocenters. The maximum atomic E-state index is 5.73. The summed E-state index contributed by atoms with van der Waals surface area (Å²) in [6.45, 7) is 12.8. The van der Waals surface area contributed by atoms with E-state index in [0.717, 1.165) is 25.5 Å². The third-order valence-electron chi connectivity index (χ3n) is 3.30. The van der Waals surface area contributed by atoms with Gasteiger partial charge in [-0.15, -0.1) is 24.0 Å². The normalized spacial score (nSPS) is 13.8. The smallest absolute Gasteiger partial charge is 0.191 e. The summed E-state index contributed by atoms with van der Waals surface area (Å²) in [6.07, 6.45) is 1.26. The Morgan fingerprint density at radius 1 is 1.24 bits per heavy atom. The zero-order chi connectivity index (χ0) is 15.6. The molecule has 0 radical (unpaired) electrons. The molecular formula is C15H34IN3O2. The quantitative estimate of drug-likeness (QED) is 0.346. The Morgan fingerprint density at radius 3 is 2.29 bits per heavy atom. The van der Waals surface area contributed by atoms with E-state index in [0.29, 0.717) is 18.6 Å². The van der Waals surface area contributed by atoms with Crippen LogP contribution in [0.2, 0.25) is 0 Å². The first-order valence-electron chi connectivity index (χ1n) is 7.47. The highest BCUT2D eigenvalue weighted by Gasteiger charge is 2.17. The van der Waals surface area contributed by atoms with Gasteiger partial charge in [-0.05, 0) is 33.1 Å². The van der Waals surface area contributed by atoms with Gasteiger partial charge in [0.15, 0.2) is 5.96 Å². The highest BCUT2D eigenvalue weighted by molar-refractivity contribution is 14.0. The van der Waals surface area contributed by atoms with Gasteiger partial charge in [-0.25, -0.2) is 0 Å². The van der Waals surface area contributed by atoms with Gasteiger partial charge in [0, 0.05) is 33.9 Å². The van der Waals surface area contributed by atoms with Crippen LogP contribution in [0.1, 0.15) is 41.0 Å². The molecule has 0 bridgehead atoms. The molecular weight excluding hydrogens is 381 g/mol. The van der Waals surface area contributed by atoms with Crippen LogP contribution < -0.4 is 10.6 Å². The Kier molecular flexibility index (Phi) is 13.8. The Morgan fingerprint density at radius 2 is 1.86 bits per heavy atom. The lowest BCUT2D eigenvalue weighted by molar-refractivity contribution is 0.0248. The largest absolute Gasteiger partial charge is 0.378 e. The molecule has 6 heteroatoms. The van der Waals surface area contributed by atoms with Crippen LogP contribution in [0.25, 0.3) is 0 Å². The Hall–Kier alpha value is -0.0800. The standard InChI is InChI=1S/C15H33N3O2.HI/c1-8-20-13(12(2)3)9-10-17-14(16-6)18-11-15(4,5)19-7;/h12-13H,8-11H2,1-7H3,(H2,16,17,18);1H. The zero-order valence-electron chi connectivity index (χ0n) is 14.7. The minimum atomic E-state index is -0.205. The monoisotopic (exact) mass is 415 g/mol. The summed E-state index contributed by atoms with van der Waals surface area (Å²) in [6, 6.07) is 0. The van der Waals surface area contributed by atoms with Gasteiger partial charge < -0.3 is 20.1 Å². The molecule has 0 amide bonds. The van der Waals surface area contributed by atoms with E-state index in [1.54, 1.807) is 14.2 Å². The van der Waals surface area contributed by atoms with E-state index in [1.807, 2.05) is 20.8 Å². The minimum absolute atomic E-state index is 0. The highest BCUT2D eigenvalue weighted by atomic mass is 127. The number of hydrogen-bond donors (Lipinski definition) is 2. The Bertz CT molecular complexity index is 284. The average molecular weight is 415 g/mol. The molecule has 0 saturated carbocycles. The Balaban J connectivity index is 0. The summed E-state index contributed by atoms with van der Waals surface area (Å²) in [5.41, 5.74) is -0.205. The fraction of sp³-hybridized carbons (Fsp3) is 0.933. The fourth-order valence-electron chi connectivity index (χ4n) is 1.75. The fourth-order valence-corrected chi connectivity index (χ4v) is 1.75. The molecule has 2 N–H and O–H groups in total. The number of nitrogens with zero attached hydrogens (tertiary/aromatic N) is 1. The van der Waals surface area contributed by atoms with Crippen molar-refractivity contribution >= 4 is 29.9 Å². The number of halogens is 1. The lowest BCUT2D eigenvalue weighted by Gasteiger charge is -2.25. The van der Waals surface area contributed by atoms with Crippen LogP contribution >= 0.6 is 24.0 Å². The molecule has 0 aliphatic heterocycles. The average Bonchev–Trinajstić information content (AvgIpc) is 2.41. The number of aliphatic imine (C=N–C) groups is 1. The van der Waals surface area contributed by atoms with Crippen molar-refractivity contribution in [2.45, 2.75) is 52.7 Å². The van der Waals surface area contributed by atoms with Crippen LogP contribution in [0.3, 0.4) is 0 Å². The van der Waals surface area contributed by atoms with Crippen molar-refractivity contribution in [2.75, 3.05) is 33.9 Å². The van der Waals surface area contributed by atoms with Gasteiger partial charge in [-0.1, -0.05) is 13.8 Å². The van der Waals surface area contributed by atoms with E-state index in [-0.39, 0.29) is 29.6 Å². The topological polar surface area (TPSA) is 54.9 Å². The lowest BCUT2D eigenvalue weighted by Crippen LogP contribution is -2.46. The van der Waals surface area contributed by atoms with Crippen LogP contribution in [0, 0.1) is 5.92 Å². The number of nitrogens with one attached hydrogen (secondary N) is 2. The number of methoxy groups -OCH3 is 1. The van der Waals surface area contributed by atoms with Crippen molar-refractivity contribution in [1.29, 1.82) is 0 Å². The molecule has 21 heavy (non-hydrogen) atoms. The van der Waals surface area contributed by atoms with Gasteiger partial charge in [0.1, 0.15) is 0 Å². The molecule has 0 aromatic carbocycles. The van der Waals surface area contributed by atoms with Crippen LogP contribution in [-0.4, -0.2) is 51.5 Å². The zero-order valence-corrected chi connectivity index (χ0v) is 17.0. The molecule has 0 spiro atoms. The molecule has 0 aliphatic carbocycles. The third kappa shape index (κ3) is 11.2. The molecule has 0 aromatic heterocycles. The summed E-state index contributed by atoms with van der Waals surface area (Å²) in [5, 5.41) is 6.58. The van der Waals surface area contributed by atoms with Crippen molar-refractivity contribution in [3.63, 3.8) is 0 Å². The van der Waals surface area contributed by atoms with Crippen LogP contribution in [0.4, 0.5) is 0 Å². The van der Waals surface area contributed by atoms with E-state index in [2.05, 4.69) is 29.5 Å². The summed E-state index contributed by atoms with van der Waals surface area (Å²) in [5.74, 6) is 1.33. The number of rotatable bonds is 9. The molecule has 0 aliphatic rings. The van der Waals surface area contributed by atoms with Gasteiger partial charge in [-0.2, -0.15) is 0 Å². The number of ether oxygens (including phenoxy) is 2. The maximum Gasteiger partial charge on any atom is 0.191 e. The second-order valence-corrected chi connectivity index (χ2v) is 5.84. The van der Waals surface area contributed by atoms with Gasteiger partial charge in [-0.3, -0.25) is 4.99 Å². The van der Waals surface area contributed by atoms with E-state index in [9.17, 15) is 0 Å². The molecule has 0 heterocycles. The first-order chi connectivity index (χ1) is 9.36. The maximum absolute atomic E-state index is 5.73. The number of guanidine groups is 1. The van der Waals surface area contributed by atoms with Crippen molar-refractivity contribution in [3.8, 4) is 0 Å². The summed E-state index contributed by atoms with van der Waals surface area (Å²) >= 11 is 0. The first-order valence-corrected chi connectivity index (χ1v) is 7.47. The van der Waals surface area contributed by atoms with Crippen molar-refractivity contribution in [1.82, 2.24) is 10.6 Å². The minimum Gasteiger partial charge on any atom is -0.378 e. The van der Waals surface area contributed by atoms with E-state index in [1.165, 1.54) is 0 Å². The van der Waals surface area contributed by atoms with Gasteiger partial charge in [0.05, 0.1) is 11.7 Å². The first kappa shape index (κ1) is 23.2. The Labute approximate surface area is 147 Å².